The minimum atomic E-state index is -3.14. The van der Waals surface area contributed by atoms with Crippen LogP contribution in [0.1, 0.15) is 25.7 Å². The summed E-state index contributed by atoms with van der Waals surface area (Å²) in [5, 5.41) is 0. The molecule has 0 aromatic carbocycles. The van der Waals surface area contributed by atoms with Gasteiger partial charge >= 0.3 is 0 Å². The quantitative estimate of drug-likeness (QED) is 0.722. The monoisotopic (exact) mass is 277 g/mol. The zero-order valence-corrected chi connectivity index (χ0v) is 12.0. The van der Waals surface area contributed by atoms with Gasteiger partial charge in [0.15, 0.2) is 0 Å². The molecule has 5 nitrogen and oxygen atoms in total. The summed E-state index contributed by atoms with van der Waals surface area (Å²) in [4.78, 5) is 0. The number of hydrogen-bond donors (Lipinski definition) is 0. The Balaban J connectivity index is 1.89. The summed E-state index contributed by atoms with van der Waals surface area (Å²) >= 11 is 0. The normalized spacial score (nSPS) is 30.6. The molecule has 0 aromatic rings. The van der Waals surface area contributed by atoms with Crippen molar-refractivity contribution >= 4 is 10.0 Å². The van der Waals surface area contributed by atoms with Gasteiger partial charge in [-0.15, -0.1) is 0 Å². The molecule has 0 spiro atoms. The van der Waals surface area contributed by atoms with E-state index in [0.29, 0.717) is 19.0 Å². The summed E-state index contributed by atoms with van der Waals surface area (Å²) in [6.07, 6.45) is 4.15. The van der Waals surface area contributed by atoms with E-state index in [4.69, 9.17) is 9.47 Å². The Morgan fingerprint density at radius 1 is 1.11 bits per heavy atom. The Bertz CT molecular complexity index is 354. The van der Waals surface area contributed by atoms with E-state index in [1.54, 1.807) is 14.2 Å². The van der Waals surface area contributed by atoms with Gasteiger partial charge in [-0.3, -0.25) is 0 Å². The van der Waals surface area contributed by atoms with Crippen LogP contribution >= 0.6 is 0 Å². The number of methoxy groups -OCH3 is 2. The molecule has 2 aliphatic rings. The van der Waals surface area contributed by atoms with Crippen LogP contribution < -0.4 is 0 Å². The SMILES string of the molecule is CO[C@H]1CN(S(=O)(=O)CCC2CCC2)C[C@H]1OC. The first-order chi connectivity index (χ1) is 8.56. The number of sulfonamides is 1. The molecule has 1 aliphatic heterocycles. The standard InChI is InChI=1S/C12H23NO4S/c1-16-11-8-13(9-12(11)17-2)18(14,15)7-6-10-4-3-5-10/h10-12H,3-9H2,1-2H3/t11-,12+. The number of ether oxygens (including phenoxy) is 2. The molecule has 6 heteroatoms. The van der Waals surface area contributed by atoms with Crippen molar-refractivity contribution in [1.29, 1.82) is 0 Å². The van der Waals surface area contributed by atoms with Crippen LogP contribution in [-0.4, -0.2) is 58.0 Å². The number of nitrogens with zero attached hydrogens (tertiary/aromatic N) is 1. The topological polar surface area (TPSA) is 55.8 Å². The molecule has 0 unspecified atom stereocenters. The third kappa shape index (κ3) is 3.04. The van der Waals surface area contributed by atoms with Crippen LogP contribution in [-0.2, 0) is 19.5 Å². The zero-order chi connectivity index (χ0) is 13.2. The Morgan fingerprint density at radius 3 is 2.06 bits per heavy atom. The van der Waals surface area contributed by atoms with E-state index >= 15 is 0 Å². The predicted octanol–water partition coefficient (Wildman–Crippen LogP) is 0.852. The van der Waals surface area contributed by atoms with E-state index in [-0.39, 0.29) is 18.0 Å². The number of hydrogen-bond acceptors (Lipinski definition) is 4. The summed E-state index contributed by atoms with van der Waals surface area (Å²) in [7, 11) is 0.0528. The average Bonchev–Trinajstić information content (AvgIpc) is 2.70. The van der Waals surface area contributed by atoms with Crippen LogP contribution in [0.5, 0.6) is 0 Å². The molecular formula is C12H23NO4S. The lowest BCUT2D eigenvalue weighted by atomic mass is 9.84. The molecule has 0 amide bonds. The maximum atomic E-state index is 12.2. The Hall–Kier alpha value is -0.170. The van der Waals surface area contributed by atoms with Crippen molar-refractivity contribution in [1.82, 2.24) is 4.31 Å². The Morgan fingerprint density at radius 2 is 1.67 bits per heavy atom. The van der Waals surface area contributed by atoms with Gasteiger partial charge in [-0.05, 0) is 12.3 Å². The summed E-state index contributed by atoms with van der Waals surface area (Å²) in [6.45, 7) is 0.837. The maximum Gasteiger partial charge on any atom is 0.214 e. The molecule has 0 bridgehead atoms. The summed E-state index contributed by atoms with van der Waals surface area (Å²) in [5.74, 6) is 0.892. The second kappa shape index (κ2) is 5.86. The van der Waals surface area contributed by atoms with Crippen LogP contribution in [0.2, 0.25) is 0 Å². The fourth-order valence-electron chi connectivity index (χ4n) is 2.62. The third-order valence-electron chi connectivity index (χ3n) is 4.19. The smallest absolute Gasteiger partial charge is 0.214 e. The van der Waals surface area contributed by atoms with Gasteiger partial charge in [-0.1, -0.05) is 19.3 Å². The lowest BCUT2D eigenvalue weighted by Gasteiger charge is -2.26. The van der Waals surface area contributed by atoms with Gasteiger partial charge in [0.2, 0.25) is 10.0 Å². The minimum Gasteiger partial charge on any atom is -0.377 e. The molecule has 0 N–H and O–H groups in total. The highest BCUT2D eigenvalue weighted by Gasteiger charge is 2.39. The Kier molecular flexibility index (Phi) is 4.64. The van der Waals surface area contributed by atoms with Gasteiger partial charge in [0.25, 0.3) is 0 Å². The van der Waals surface area contributed by atoms with Crippen molar-refractivity contribution in [3.05, 3.63) is 0 Å². The van der Waals surface area contributed by atoms with Crippen molar-refractivity contribution < 1.29 is 17.9 Å². The highest BCUT2D eigenvalue weighted by Crippen LogP contribution is 2.30. The van der Waals surface area contributed by atoms with E-state index < -0.39 is 10.0 Å². The first-order valence-corrected chi connectivity index (χ1v) is 8.21. The van der Waals surface area contributed by atoms with Gasteiger partial charge in [0.05, 0.1) is 18.0 Å². The van der Waals surface area contributed by atoms with E-state index in [1.807, 2.05) is 0 Å². The largest absolute Gasteiger partial charge is 0.377 e. The first-order valence-electron chi connectivity index (χ1n) is 6.60. The van der Waals surface area contributed by atoms with Gasteiger partial charge in [0, 0.05) is 27.3 Å². The molecule has 1 saturated carbocycles. The zero-order valence-electron chi connectivity index (χ0n) is 11.2. The van der Waals surface area contributed by atoms with Crippen LogP contribution in [0.15, 0.2) is 0 Å². The van der Waals surface area contributed by atoms with Crippen molar-refractivity contribution in [2.75, 3.05) is 33.1 Å². The minimum absolute atomic E-state index is 0.145. The lowest BCUT2D eigenvalue weighted by Crippen LogP contribution is -2.33. The molecule has 2 fully saturated rings. The molecule has 18 heavy (non-hydrogen) atoms. The second-order valence-electron chi connectivity index (χ2n) is 5.27. The molecule has 1 heterocycles. The van der Waals surface area contributed by atoms with Gasteiger partial charge < -0.3 is 9.47 Å². The molecule has 0 aromatic heterocycles. The van der Waals surface area contributed by atoms with Crippen LogP contribution in [0, 0.1) is 5.92 Å². The Labute approximate surface area is 109 Å². The van der Waals surface area contributed by atoms with E-state index in [0.717, 1.165) is 6.42 Å². The molecule has 1 aliphatic carbocycles. The maximum absolute atomic E-state index is 12.2. The van der Waals surface area contributed by atoms with E-state index in [9.17, 15) is 8.42 Å². The molecule has 1 saturated heterocycles. The summed E-state index contributed by atoms with van der Waals surface area (Å²) in [6, 6.07) is 0. The lowest BCUT2D eigenvalue weighted by molar-refractivity contribution is -0.00461. The predicted molar refractivity (Wildman–Crippen MR) is 68.9 cm³/mol. The van der Waals surface area contributed by atoms with Crippen LogP contribution in [0.3, 0.4) is 0 Å². The van der Waals surface area contributed by atoms with E-state index in [1.165, 1.54) is 23.6 Å². The average molecular weight is 277 g/mol. The highest BCUT2D eigenvalue weighted by atomic mass is 32.2. The van der Waals surface area contributed by atoms with Crippen LogP contribution in [0.4, 0.5) is 0 Å². The van der Waals surface area contributed by atoms with Gasteiger partial charge in [-0.25, -0.2) is 8.42 Å². The fourth-order valence-corrected chi connectivity index (χ4v) is 4.25. The van der Waals surface area contributed by atoms with Gasteiger partial charge in [0.1, 0.15) is 0 Å². The van der Waals surface area contributed by atoms with Crippen molar-refractivity contribution in [2.24, 2.45) is 5.92 Å². The highest BCUT2D eigenvalue weighted by molar-refractivity contribution is 7.89. The summed E-state index contributed by atoms with van der Waals surface area (Å²) in [5.41, 5.74) is 0. The van der Waals surface area contributed by atoms with Crippen molar-refractivity contribution in [2.45, 2.75) is 37.9 Å². The van der Waals surface area contributed by atoms with Crippen LogP contribution in [0.25, 0.3) is 0 Å². The van der Waals surface area contributed by atoms with Crippen molar-refractivity contribution in [3.8, 4) is 0 Å². The van der Waals surface area contributed by atoms with E-state index in [2.05, 4.69) is 0 Å². The fraction of sp³-hybridized carbons (Fsp3) is 1.00. The molecule has 0 radical (unpaired) electrons. The van der Waals surface area contributed by atoms with Gasteiger partial charge in [-0.2, -0.15) is 4.31 Å². The first kappa shape index (κ1) is 14.2. The van der Waals surface area contributed by atoms with Crippen molar-refractivity contribution in [3.63, 3.8) is 0 Å². The molecule has 106 valence electrons. The summed E-state index contributed by atoms with van der Waals surface area (Å²) < 4.78 is 36.5. The molecular weight excluding hydrogens is 254 g/mol. The molecule has 2 atom stereocenters. The number of rotatable bonds is 6. The third-order valence-corrected chi connectivity index (χ3v) is 6.03. The second-order valence-corrected chi connectivity index (χ2v) is 7.36. The molecule has 2 rings (SSSR count).